The lowest BCUT2D eigenvalue weighted by molar-refractivity contribution is 0.470. The Bertz CT molecular complexity index is 1640. The van der Waals surface area contributed by atoms with Crippen molar-refractivity contribution in [1.82, 2.24) is 9.97 Å². The lowest BCUT2D eigenvalue weighted by Crippen LogP contribution is -1.84. The molecule has 180 valence electrons. The molecule has 6 rings (SSSR count). The first-order valence-electron chi connectivity index (χ1n) is 11.8. The highest BCUT2D eigenvalue weighted by atomic mass is 35.5. The molecule has 6 aromatic rings. The Morgan fingerprint density at radius 2 is 1.17 bits per heavy atom. The quantitative estimate of drug-likeness (QED) is 0.185. The number of aromatic nitrogens is 2. The first-order chi connectivity index (χ1) is 17.4. The molecule has 0 aliphatic carbocycles. The molecule has 0 saturated heterocycles. The Balaban J connectivity index is 0.000000148. The molecule has 2 aromatic heterocycles. The maximum absolute atomic E-state index is 9.95. The van der Waals surface area contributed by atoms with Crippen molar-refractivity contribution in [2.75, 3.05) is 0 Å². The number of hydrogen-bond donors (Lipinski definition) is 4. The number of rotatable bonds is 4. The van der Waals surface area contributed by atoms with Crippen LogP contribution in [0.1, 0.15) is 16.7 Å². The fourth-order valence-corrected chi connectivity index (χ4v) is 5.00. The second-order valence-electron chi connectivity index (χ2n) is 8.95. The standard InChI is InChI=1S/C16H15NO.C15H12ClNO/c1-3-4-13-15(18)8-7-12-11-6-5-10(2)9-14(11)17-16(12)13;1-2-3-12-14(18)7-6-11-10-5-4-9(16)8-13(10)17-15(11)12/h3,5-9,17-18H,1,4H2,2H3;2,4-8,17-18H,1,3H2. The molecule has 5 heteroatoms. The van der Waals surface area contributed by atoms with E-state index in [1.54, 1.807) is 18.2 Å². The summed E-state index contributed by atoms with van der Waals surface area (Å²) in [5, 5.41) is 25.1. The predicted molar refractivity (Wildman–Crippen MR) is 152 cm³/mol. The van der Waals surface area contributed by atoms with Crippen LogP contribution in [0, 0.1) is 6.92 Å². The number of aromatic amines is 2. The summed E-state index contributed by atoms with van der Waals surface area (Å²) in [7, 11) is 0. The number of hydrogen-bond acceptors (Lipinski definition) is 2. The highest BCUT2D eigenvalue weighted by Crippen LogP contribution is 2.34. The third-order valence-corrected chi connectivity index (χ3v) is 6.76. The Kier molecular flexibility index (Phi) is 6.21. The van der Waals surface area contributed by atoms with Crippen LogP contribution >= 0.6 is 11.6 Å². The van der Waals surface area contributed by atoms with E-state index in [4.69, 9.17) is 11.6 Å². The van der Waals surface area contributed by atoms with Gasteiger partial charge in [0.2, 0.25) is 0 Å². The van der Waals surface area contributed by atoms with Gasteiger partial charge < -0.3 is 20.2 Å². The Morgan fingerprint density at radius 3 is 1.69 bits per heavy atom. The average molecular weight is 495 g/mol. The third kappa shape index (κ3) is 4.10. The molecule has 0 aliphatic heterocycles. The van der Waals surface area contributed by atoms with Crippen molar-refractivity contribution in [2.45, 2.75) is 19.8 Å². The van der Waals surface area contributed by atoms with Gasteiger partial charge in [0.1, 0.15) is 11.5 Å². The summed E-state index contributed by atoms with van der Waals surface area (Å²) in [6.45, 7) is 9.55. The lowest BCUT2D eigenvalue weighted by atomic mass is 10.0. The van der Waals surface area contributed by atoms with E-state index in [2.05, 4.69) is 48.2 Å². The number of aryl methyl sites for hydroxylation is 1. The molecule has 0 bridgehead atoms. The van der Waals surface area contributed by atoms with Gasteiger partial charge in [0, 0.05) is 48.7 Å². The van der Waals surface area contributed by atoms with Gasteiger partial charge in [-0.3, -0.25) is 0 Å². The van der Waals surface area contributed by atoms with Crippen LogP contribution in [0.5, 0.6) is 11.5 Å². The number of halogens is 1. The minimum Gasteiger partial charge on any atom is -0.508 e. The van der Waals surface area contributed by atoms with E-state index in [-0.39, 0.29) is 0 Å². The first-order valence-corrected chi connectivity index (χ1v) is 12.2. The van der Waals surface area contributed by atoms with Crippen molar-refractivity contribution < 1.29 is 10.2 Å². The Hall–Kier alpha value is -4.15. The van der Waals surface area contributed by atoms with E-state index >= 15 is 0 Å². The number of benzene rings is 4. The van der Waals surface area contributed by atoms with Gasteiger partial charge in [0.05, 0.1) is 11.0 Å². The van der Waals surface area contributed by atoms with Gasteiger partial charge >= 0.3 is 0 Å². The molecule has 0 aliphatic rings. The van der Waals surface area contributed by atoms with Gasteiger partial charge in [-0.15, -0.1) is 13.2 Å². The zero-order valence-corrected chi connectivity index (χ0v) is 20.8. The normalized spacial score (nSPS) is 11.2. The third-order valence-electron chi connectivity index (χ3n) is 6.53. The van der Waals surface area contributed by atoms with E-state index in [0.717, 1.165) is 49.4 Å². The minimum atomic E-state index is 0.292. The number of aromatic hydroxyl groups is 2. The van der Waals surface area contributed by atoms with Crippen molar-refractivity contribution in [3.05, 3.63) is 108 Å². The molecule has 2 heterocycles. The first kappa shape index (κ1) is 23.6. The van der Waals surface area contributed by atoms with Gasteiger partial charge in [0.25, 0.3) is 0 Å². The molecule has 4 nitrogen and oxygen atoms in total. The van der Waals surface area contributed by atoms with Crippen LogP contribution in [-0.4, -0.2) is 20.2 Å². The van der Waals surface area contributed by atoms with E-state index in [0.29, 0.717) is 29.4 Å². The van der Waals surface area contributed by atoms with Crippen LogP contribution in [0.15, 0.2) is 86.0 Å². The van der Waals surface area contributed by atoms with Crippen molar-refractivity contribution in [3.63, 3.8) is 0 Å². The fourth-order valence-electron chi connectivity index (χ4n) is 4.83. The number of fused-ring (bicyclic) bond motifs is 6. The second kappa shape index (κ2) is 9.48. The van der Waals surface area contributed by atoms with Gasteiger partial charge in [-0.1, -0.05) is 42.0 Å². The summed E-state index contributed by atoms with van der Waals surface area (Å²) in [5.41, 5.74) is 7.06. The van der Waals surface area contributed by atoms with E-state index in [9.17, 15) is 10.2 Å². The van der Waals surface area contributed by atoms with Gasteiger partial charge in [-0.05, 0) is 67.8 Å². The molecule has 0 saturated carbocycles. The van der Waals surface area contributed by atoms with Gasteiger partial charge in [0.15, 0.2) is 0 Å². The molecular weight excluding hydrogens is 468 g/mol. The van der Waals surface area contributed by atoms with E-state index < -0.39 is 0 Å². The smallest absolute Gasteiger partial charge is 0.121 e. The second-order valence-corrected chi connectivity index (χ2v) is 9.38. The number of phenols is 2. The lowest BCUT2D eigenvalue weighted by Gasteiger charge is -2.03. The molecular formula is C31H27ClN2O2. The number of allylic oxidation sites excluding steroid dienone is 2. The SMILES string of the molecule is C=CCc1c(O)ccc2c1[nH]c1cc(C)ccc12.C=CCc1c(O)ccc2c1[nH]c1cc(Cl)ccc12. The zero-order chi connectivity index (χ0) is 25.4. The van der Waals surface area contributed by atoms with Crippen LogP contribution < -0.4 is 0 Å². The van der Waals surface area contributed by atoms with Crippen LogP contribution in [0.4, 0.5) is 0 Å². The maximum atomic E-state index is 9.95. The summed E-state index contributed by atoms with van der Waals surface area (Å²) < 4.78 is 0. The monoisotopic (exact) mass is 494 g/mol. The van der Waals surface area contributed by atoms with E-state index in [1.165, 1.54) is 10.9 Å². The molecule has 36 heavy (non-hydrogen) atoms. The van der Waals surface area contributed by atoms with Crippen LogP contribution in [0.3, 0.4) is 0 Å². The zero-order valence-electron chi connectivity index (χ0n) is 20.0. The summed E-state index contributed by atoms with van der Waals surface area (Å²) in [6, 6.07) is 19.5. The molecule has 0 unspecified atom stereocenters. The topological polar surface area (TPSA) is 72.0 Å². The number of nitrogens with one attached hydrogen (secondary N) is 2. The summed E-state index contributed by atoms with van der Waals surface area (Å²) in [5.74, 6) is 0.616. The number of phenolic OH excluding ortho intramolecular Hbond substituents is 2. The van der Waals surface area contributed by atoms with Gasteiger partial charge in [-0.25, -0.2) is 0 Å². The molecule has 0 spiro atoms. The molecule has 0 amide bonds. The highest BCUT2D eigenvalue weighted by Gasteiger charge is 2.12. The summed E-state index contributed by atoms with van der Waals surface area (Å²) in [4.78, 5) is 6.73. The predicted octanol–water partition coefficient (Wildman–Crippen LogP) is 8.47. The minimum absolute atomic E-state index is 0.292. The van der Waals surface area contributed by atoms with Crippen LogP contribution in [0.25, 0.3) is 43.6 Å². The van der Waals surface area contributed by atoms with Crippen molar-refractivity contribution in [1.29, 1.82) is 0 Å². The van der Waals surface area contributed by atoms with Crippen LogP contribution in [0.2, 0.25) is 5.02 Å². The van der Waals surface area contributed by atoms with Gasteiger partial charge in [-0.2, -0.15) is 0 Å². The van der Waals surface area contributed by atoms with E-state index in [1.807, 2.05) is 36.4 Å². The van der Waals surface area contributed by atoms with Crippen molar-refractivity contribution in [3.8, 4) is 11.5 Å². The Labute approximate surface area is 214 Å². The maximum Gasteiger partial charge on any atom is 0.121 e. The molecule has 0 atom stereocenters. The fraction of sp³-hybridized carbons (Fsp3) is 0.0968. The summed E-state index contributed by atoms with van der Waals surface area (Å²) >= 11 is 5.99. The van der Waals surface area contributed by atoms with Crippen molar-refractivity contribution in [2.24, 2.45) is 0 Å². The molecule has 0 radical (unpaired) electrons. The Morgan fingerprint density at radius 1 is 0.694 bits per heavy atom. The van der Waals surface area contributed by atoms with Crippen LogP contribution in [-0.2, 0) is 12.8 Å². The average Bonchev–Trinajstić information content (AvgIpc) is 3.40. The summed E-state index contributed by atoms with van der Waals surface area (Å²) in [6.07, 6.45) is 4.89. The van der Waals surface area contributed by atoms with Crippen molar-refractivity contribution >= 4 is 55.2 Å². The largest absolute Gasteiger partial charge is 0.508 e. The molecule has 4 N–H and O–H groups in total. The number of H-pyrrole nitrogens is 2. The molecule has 0 fully saturated rings. The highest BCUT2D eigenvalue weighted by molar-refractivity contribution is 6.31. The molecule has 4 aromatic carbocycles.